The van der Waals surface area contributed by atoms with E-state index < -0.39 is 6.10 Å². The predicted octanol–water partition coefficient (Wildman–Crippen LogP) is 2.89. The van der Waals surface area contributed by atoms with Crippen LogP contribution in [0.2, 0.25) is 0 Å². The second-order valence-corrected chi connectivity index (χ2v) is 6.33. The molecule has 0 heterocycles. The zero-order valence-electron chi connectivity index (χ0n) is 13.9. The van der Waals surface area contributed by atoms with E-state index in [1.54, 1.807) is 24.3 Å². The highest BCUT2D eigenvalue weighted by atomic mass is 16.3. The van der Waals surface area contributed by atoms with Crippen molar-refractivity contribution in [3.63, 3.8) is 0 Å². The van der Waals surface area contributed by atoms with Crippen LogP contribution in [0.25, 0.3) is 0 Å². The van der Waals surface area contributed by atoms with Gasteiger partial charge in [0.25, 0.3) is 5.91 Å². The molecule has 0 unspecified atom stereocenters. The van der Waals surface area contributed by atoms with E-state index in [0.29, 0.717) is 11.3 Å². The molecule has 0 radical (unpaired) electrons. The van der Waals surface area contributed by atoms with Crippen LogP contribution in [0.1, 0.15) is 41.3 Å². The largest absolute Gasteiger partial charge is 0.387 e. The number of benzene rings is 2. The number of rotatable bonds is 6. The van der Waals surface area contributed by atoms with Crippen molar-refractivity contribution in [2.24, 2.45) is 5.92 Å². The number of anilines is 1. The van der Waals surface area contributed by atoms with Gasteiger partial charge in [0, 0.05) is 23.7 Å². The lowest BCUT2D eigenvalue weighted by molar-refractivity contribution is -0.122. The average molecular weight is 338 g/mol. The lowest BCUT2D eigenvalue weighted by atomic mass is 9.85. The van der Waals surface area contributed by atoms with Gasteiger partial charge in [-0.25, -0.2) is 0 Å². The summed E-state index contributed by atoms with van der Waals surface area (Å²) in [5.41, 5.74) is 1.94. The van der Waals surface area contributed by atoms with Crippen LogP contribution in [-0.4, -0.2) is 23.5 Å². The molecule has 5 nitrogen and oxygen atoms in total. The maximum absolute atomic E-state index is 12.2. The van der Waals surface area contributed by atoms with Crippen LogP contribution in [-0.2, 0) is 4.79 Å². The fourth-order valence-electron chi connectivity index (χ4n) is 2.70. The van der Waals surface area contributed by atoms with E-state index in [9.17, 15) is 14.7 Å². The Kier molecular flexibility index (Phi) is 5.46. The summed E-state index contributed by atoms with van der Waals surface area (Å²) < 4.78 is 0. The van der Waals surface area contributed by atoms with Crippen LogP contribution in [0.15, 0.2) is 54.6 Å². The summed E-state index contributed by atoms with van der Waals surface area (Å²) in [5.74, 6) is -0.0799. The number of carbonyl (C=O) groups is 2. The zero-order chi connectivity index (χ0) is 17.6. The quantitative estimate of drug-likeness (QED) is 0.758. The first-order chi connectivity index (χ1) is 12.1. The van der Waals surface area contributed by atoms with E-state index in [2.05, 4.69) is 10.6 Å². The van der Waals surface area contributed by atoms with Crippen molar-refractivity contribution in [3.8, 4) is 0 Å². The van der Waals surface area contributed by atoms with Gasteiger partial charge in [0.2, 0.25) is 5.91 Å². The highest BCUT2D eigenvalue weighted by molar-refractivity contribution is 5.96. The summed E-state index contributed by atoms with van der Waals surface area (Å²) in [7, 11) is 0. The van der Waals surface area contributed by atoms with Crippen LogP contribution >= 0.6 is 0 Å². The maximum atomic E-state index is 12.2. The molecule has 130 valence electrons. The van der Waals surface area contributed by atoms with Gasteiger partial charge >= 0.3 is 0 Å². The molecule has 2 amide bonds. The Labute approximate surface area is 147 Å². The van der Waals surface area contributed by atoms with Crippen LogP contribution < -0.4 is 10.6 Å². The van der Waals surface area contributed by atoms with Gasteiger partial charge in [0.05, 0.1) is 6.10 Å². The standard InChI is InChI=1S/C20H22N2O3/c23-18(14-5-2-1-3-6-14)13-21-19(24)16-9-11-17(12-10-16)22-20(25)15-7-4-8-15/h1-3,5-6,9-12,15,18,23H,4,7-8,13H2,(H,21,24)(H,22,25)/t18-/m1/s1. The summed E-state index contributed by atoms with van der Waals surface area (Å²) in [5, 5.41) is 15.7. The van der Waals surface area contributed by atoms with Gasteiger partial charge in [-0.05, 0) is 42.7 Å². The molecule has 0 bridgehead atoms. The van der Waals surface area contributed by atoms with Gasteiger partial charge < -0.3 is 15.7 Å². The van der Waals surface area contributed by atoms with Crippen molar-refractivity contribution in [3.05, 3.63) is 65.7 Å². The monoisotopic (exact) mass is 338 g/mol. The molecule has 3 N–H and O–H groups in total. The van der Waals surface area contributed by atoms with Gasteiger partial charge in [-0.3, -0.25) is 9.59 Å². The minimum Gasteiger partial charge on any atom is -0.387 e. The molecule has 25 heavy (non-hydrogen) atoms. The number of carbonyl (C=O) groups excluding carboxylic acids is 2. The predicted molar refractivity (Wildman–Crippen MR) is 96.1 cm³/mol. The normalized spacial score (nSPS) is 15.1. The van der Waals surface area contributed by atoms with Gasteiger partial charge in [0.1, 0.15) is 0 Å². The van der Waals surface area contributed by atoms with E-state index in [-0.39, 0.29) is 24.3 Å². The summed E-state index contributed by atoms with van der Waals surface area (Å²) >= 11 is 0. The Morgan fingerprint density at radius 1 is 1.04 bits per heavy atom. The molecule has 0 saturated heterocycles. The third kappa shape index (κ3) is 4.45. The van der Waals surface area contributed by atoms with Crippen molar-refractivity contribution in [1.29, 1.82) is 0 Å². The van der Waals surface area contributed by atoms with Crippen molar-refractivity contribution in [2.45, 2.75) is 25.4 Å². The highest BCUT2D eigenvalue weighted by Crippen LogP contribution is 2.27. The molecule has 2 aromatic carbocycles. The third-order valence-corrected chi connectivity index (χ3v) is 4.53. The first-order valence-corrected chi connectivity index (χ1v) is 8.55. The maximum Gasteiger partial charge on any atom is 0.251 e. The van der Waals surface area contributed by atoms with E-state index in [4.69, 9.17) is 0 Å². The van der Waals surface area contributed by atoms with Crippen molar-refractivity contribution < 1.29 is 14.7 Å². The molecular formula is C20H22N2O3. The van der Waals surface area contributed by atoms with Gasteiger partial charge in [-0.15, -0.1) is 0 Å². The van der Waals surface area contributed by atoms with Crippen LogP contribution in [0, 0.1) is 5.92 Å². The molecule has 1 fully saturated rings. The molecule has 0 aromatic heterocycles. The number of amides is 2. The van der Waals surface area contributed by atoms with Crippen molar-refractivity contribution in [1.82, 2.24) is 5.32 Å². The third-order valence-electron chi connectivity index (χ3n) is 4.53. The lowest BCUT2D eigenvalue weighted by Gasteiger charge is -2.24. The van der Waals surface area contributed by atoms with E-state index in [0.717, 1.165) is 24.8 Å². The average Bonchev–Trinajstić information content (AvgIpc) is 2.59. The number of hydrogen-bond acceptors (Lipinski definition) is 3. The SMILES string of the molecule is O=C(NC[C@@H](O)c1ccccc1)c1ccc(NC(=O)C2CCC2)cc1. The van der Waals surface area contributed by atoms with E-state index in [1.165, 1.54) is 0 Å². The van der Waals surface area contributed by atoms with Crippen LogP contribution in [0.4, 0.5) is 5.69 Å². The molecule has 3 rings (SSSR count). The second-order valence-electron chi connectivity index (χ2n) is 6.33. The van der Waals surface area contributed by atoms with Crippen molar-refractivity contribution >= 4 is 17.5 Å². The summed E-state index contributed by atoms with van der Waals surface area (Å²) in [6.07, 6.45) is 2.28. The summed E-state index contributed by atoms with van der Waals surface area (Å²) in [4.78, 5) is 24.1. The lowest BCUT2D eigenvalue weighted by Crippen LogP contribution is -2.29. The summed E-state index contributed by atoms with van der Waals surface area (Å²) in [6.45, 7) is 0.142. The molecule has 0 aliphatic heterocycles. The molecule has 1 aliphatic carbocycles. The van der Waals surface area contributed by atoms with Crippen molar-refractivity contribution in [2.75, 3.05) is 11.9 Å². The first kappa shape index (κ1) is 17.2. The van der Waals surface area contributed by atoms with E-state index >= 15 is 0 Å². The molecule has 2 aromatic rings. The number of nitrogens with one attached hydrogen (secondary N) is 2. The summed E-state index contributed by atoms with van der Waals surface area (Å²) in [6, 6.07) is 16.0. The Hall–Kier alpha value is -2.66. The Morgan fingerprint density at radius 3 is 2.32 bits per heavy atom. The van der Waals surface area contributed by atoms with Crippen LogP contribution in [0.5, 0.6) is 0 Å². The fraction of sp³-hybridized carbons (Fsp3) is 0.300. The fourth-order valence-corrected chi connectivity index (χ4v) is 2.70. The van der Waals surface area contributed by atoms with Gasteiger partial charge in [-0.1, -0.05) is 36.8 Å². The van der Waals surface area contributed by atoms with Crippen LogP contribution in [0.3, 0.4) is 0 Å². The smallest absolute Gasteiger partial charge is 0.251 e. The Bertz CT molecular complexity index is 724. The minimum atomic E-state index is -0.744. The van der Waals surface area contributed by atoms with Gasteiger partial charge in [-0.2, -0.15) is 0 Å². The molecule has 1 atom stereocenters. The second kappa shape index (κ2) is 7.94. The number of aliphatic hydroxyl groups excluding tert-OH is 1. The number of aliphatic hydroxyl groups is 1. The molecule has 5 heteroatoms. The molecule has 1 aliphatic rings. The molecule has 0 spiro atoms. The zero-order valence-corrected chi connectivity index (χ0v) is 13.9. The molecular weight excluding hydrogens is 316 g/mol. The minimum absolute atomic E-state index is 0.0504. The highest BCUT2D eigenvalue weighted by Gasteiger charge is 2.25. The van der Waals surface area contributed by atoms with E-state index in [1.807, 2.05) is 30.3 Å². The van der Waals surface area contributed by atoms with Gasteiger partial charge in [0.15, 0.2) is 0 Å². The molecule has 1 saturated carbocycles. The Balaban J connectivity index is 1.51. The Morgan fingerprint density at radius 2 is 1.72 bits per heavy atom. The first-order valence-electron chi connectivity index (χ1n) is 8.55. The topological polar surface area (TPSA) is 78.4 Å². The number of hydrogen-bond donors (Lipinski definition) is 3.